The van der Waals surface area contributed by atoms with Crippen molar-refractivity contribution < 1.29 is 13.5 Å². The molecular weight excluding hydrogens is 238 g/mol. The van der Waals surface area contributed by atoms with Crippen LogP contribution in [0.3, 0.4) is 0 Å². The summed E-state index contributed by atoms with van der Waals surface area (Å²) in [6, 6.07) is -0.252. The van der Waals surface area contributed by atoms with Gasteiger partial charge in [0.15, 0.2) is 0 Å². The van der Waals surface area contributed by atoms with Crippen LogP contribution in [0.2, 0.25) is 0 Å². The molecule has 0 rings (SSSR count). The van der Waals surface area contributed by atoms with Gasteiger partial charge in [-0.05, 0) is 26.2 Å². The molecule has 0 aromatic rings. The zero-order chi connectivity index (χ0) is 12.1. The van der Waals surface area contributed by atoms with Crippen molar-refractivity contribution in [2.45, 2.75) is 39.3 Å². The van der Waals surface area contributed by atoms with Crippen LogP contribution in [0.5, 0.6) is 0 Å². The van der Waals surface area contributed by atoms with Gasteiger partial charge < -0.3 is 5.11 Å². The molecule has 0 aliphatic rings. The number of sulfonamides is 1. The van der Waals surface area contributed by atoms with E-state index >= 15 is 0 Å². The second-order valence-corrected chi connectivity index (χ2v) is 6.25. The third-order valence-electron chi connectivity index (χ3n) is 1.84. The molecule has 92 valence electrons. The summed E-state index contributed by atoms with van der Waals surface area (Å²) >= 11 is 5.55. The first-order valence-corrected chi connectivity index (χ1v) is 7.19. The lowest BCUT2D eigenvalue weighted by molar-refractivity contribution is 0.175. The minimum Gasteiger partial charge on any atom is -0.393 e. The maximum Gasteiger partial charge on any atom is 0.212 e. The highest BCUT2D eigenvalue weighted by molar-refractivity contribution is 7.89. The molecule has 6 heteroatoms. The molecule has 0 spiro atoms. The lowest BCUT2D eigenvalue weighted by atomic mass is 10.2. The number of rotatable bonds is 7. The van der Waals surface area contributed by atoms with E-state index in [1.54, 1.807) is 20.8 Å². The fourth-order valence-electron chi connectivity index (χ4n) is 1.33. The summed E-state index contributed by atoms with van der Waals surface area (Å²) in [5.74, 6) is 0.287. The van der Waals surface area contributed by atoms with Gasteiger partial charge in [-0.1, -0.05) is 6.92 Å². The van der Waals surface area contributed by atoms with Crippen LogP contribution in [0, 0.1) is 5.92 Å². The van der Waals surface area contributed by atoms with Crippen molar-refractivity contribution >= 4 is 21.6 Å². The highest BCUT2D eigenvalue weighted by atomic mass is 35.5. The van der Waals surface area contributed by atoms with Gasteiger partial charge in [0.05, 0.1) is 11.9 Å². The molecule has 0 bridgehead atoms. The molecular formula is C9H20ClNO3S. The van der Waals surface area contributed by atoms with E-state index in [9.17, 15) is 8.42 Å². The van der Waals surface area contributed by atoms with Crippen molar-refractivity contribution in [2.75, 3.05) is 11.6 Å². The van der Waals surface area contributed by atoms with Crippen LogP contribution in [0.1, 0.15) is 27.2 Å². The van der Waals surface area contributed by atoms with Crippen molar-refractivity contribution in [1.82, 2.24) is 4.72 Å². The third kappa shape index (κ3) is 8.02. The largest absolute Gasteiger partial charge is 0.393 e. The van der Waals surface area contributed by atoms with E-state index in [0.29, 0.717) is 12.3 Å². The summed E-state index contributed by atoms with van der Waals surface area (Å²) in [7, 11) is -3.28. The Morgan fingerprint density at radius 1 is 1.33 bits per heavy atom. The first-order chi connectivity index (χ1) is 6.76. The SMILES string of the molecule is CC(O)CC(C)NS(=O)(=O)CC(C)CCl. The molecule has 0 fully saturated rings. The number of hydrogen-bond acceptors (Lipinski definition) is 3. The van der Waals surface area contributed by atoms with Gasteiger partial charge in [-0.15, -0.1) is 11.6 Å². The average molecular weight is 258 g/mol. The molecule has 15 heavy (non-hydrogen) atoms. The molecule has 0 amide bonds. The normalized spacial score (nSPS) is 18.5. The molecule has 0 saturated heterocycles. The van der Waals surface area contributed by atoms with Gasteiger partial charge in [0.1, 0.15) is 0 Å². The van der Waals surface area contributed by atoms with Gasteiger partial charge in [-0.25, -0.2) is 13.1 Å². The fourth-order valence-corrected chi connectivity index (χ4v) is 3.24. The molecule has 0 aliphatic carbocycles. The Hall–Kier alpha value is 0.160. The molecule has 0 aliphatic heterocycles. The Labute approximate surface area is 97.1 Å². The van der Waals surface area contributed by atoms with E-state index in [2.05, 4.69) is 4.72 Å². The number of aliphatic hydroxyl groups excluding tert-OH is 1. The molecule has 3 atom stereocenters. The van der Waals surface area contributed by atoms with Crippen LogP contribution >= 0.6 is 11.6 Å². The lowest BCUT2D eigenvalue weighted by Gasteiger charge is -2.16. The second kappa shape index (κ2) is 6.68. The van der Waals surface area contributed by atoms with Crippen molar-refractivity contribution in [3.05, 3.63) is 0 Å². The Morgan fingerprint density at radius 3 is 2.27 bits per heavy atom. The highest BCUT2D eigenvalue weighted by Gasteiger charge is 2.18. The van der Waals surface area contributed by atoms with E-state index in [1.165, 1.54) is 0 Å². The fraction of sp³-hybridized carbons (Fsp3) is 1.00. The second-order valence-electron chi connectivity index (χ2n) is 4.14. The quantitative estimate of drug-likeness (QED) is 0.667. The monoisotopic (exact) mass is 257 g/mol. The summed E-state index contributed by atoms with van der Waals surface area (Å²) in [4.78, 5) is 0. The predicted molar refractivity (Wildman–Crippen MR) is 62.6 cm³/mol. The van der Waals surface area contributed by atoms with Gasteiger partial charge in [-0.2, -0.15) is 0 Å². The minimum atomic E-state index is -3.28. The van der Waals surface area contributed by atoms with Gasteiger partial charge in [0.2, 0.25) is 10.0 Å². The van der Waals surface area contributed by atoms with E-state index in [4.69, 9.17) is 16.7 Å². The minimum absolute atomic E-state index is 0.0284. The van der Waals surface area contributed by atoms with Crippen LogP contribution < -0.4 is 4.72 Å². The van der Waals surface area contributed by atoms with Crippen LogP contribution in [0.4, 0.5) is 0 Å². The predicted octanol–water partition coefficient (Wildman–Crippen LogP) is 0.940. The van der Waals surface area contributed by atoms with Crippen LogP contribution in [0.15, 0.2) is 0 Å². The maximum absolute atomic E-state index is 11.5. The van der Waals surface area contributed by atoms with Crippen LogP contribution in [-0.4, -0.2) is 37.3 Å². The number of nitrogens with one attached hydrogen (secondary N) is 1. The van der Waals surface area contributed by atoms with Crippen LogP contribution in [0.25, 0.3) is 0 Å². The van der Waals surface area contributed by atoms with Crippen LogP contribution in [-0.2, 0) is 10.0 Å². The zero-order valence-corrected chi connectivity index (χ0v) is 11.0. The van der Waals surface area contributed by atoms with Gasteiger partial charge in [-0.3, -0.25) is 0 Å². The molecule has 2 N–H and O–H groups in total. The standard InChI is InChI=1S/C9H20ClNO3S/c1-7(5-10)6-15(13,14)11-8(2)4-9(3)12/h7-9,11-12H,4-6H2,1-3H3. The van der Waals surface area contributed by atoms with E-state index in [-0.39, 0.29) is 17.7 Å². The Morgan fingerprint density at radius 2 is 1.87 bits per heavy atom. The summed E-state index contributed by atoms with van der Waals surface area (Å²) in [6.45, 7) is 5.15. The van der Waals surface area contributed by atoms with E-state index in [0.717, 1.165) is 0 Å². The van der Waals surface area contributed by atoms with E-state index in [1.807, 2.05) is 0 Å². The van der Waals surface area contributed by atoms with Crippen molar-refractivity contribution in [3.63, 3.8) is 0 Å². The van der Waals surface area contributed by atoms with E-state index < -0.39 is 16.1 Å². The first kappa shape index (κ1) is 15.2. The van der Waals surface area contributed by atoms with Crippen molar-refractivity contribution in [1.29, 1.82) is 0 Å². The highest BCUT2D eigenvalue weighted by Crippen LogP contribution is 2.05. The topological polar surface area (TPSA) is 66.4 Å². The summed E-state index contributed by atoms with van der Waals surface area (Å²) in [6.07, 6.45) is -0.0951. The number of alkyl halides is 1. The number of hydrogen-bond donors (Lipinski definition) is 2. The first-order valence-electron chi connectivity index (χ1n) is 5.01. The molecule has 4 nitrogen and oxygen atoms in total. The zero-order valence-electron chi connectivity index (χ0n) is 9.40. The lowest BCUT2D eigenvalue weighted by Crippen LogP contribution is -2.37. The number of aliphatic hydroxyl groups is 1. The van der Waals surface area contributed by atoms with Gasteiger partial charge in [0, 0.05) is 11.9 Å². The maximum atomic E-state index is 11.5. The average Bonchev–Trinajstić information content (AvgIpc) is 1.99. The Bertz CT molecular complexity index is 267. The molecule has 0 aromatic heterocycles. The summed E-state index contributed by atoms with van der Waals surface area (Å²) < 4.78 is 25.6. The Kier molecular flexibility index (Phi) is 6.75. The smallest absolute Gasteiger partial charge is 0.212 e. The molecule has 0 heterocycles. The van der Waals surface area contributed by atoms with Crippen molar-refractivity contribution in [3.8, 4) is 0 Å². The molecule has 3 unspecified atom stereocenters. The summed E-state index contributed by atoms with van der Waals surface area (Å²) in [5.41, 5.74) is 0. The summed E-state index contributed by atoms with van der Waals surface area (Å²) in [5, 5.41) is 9.09. The molecule has 0 aromatic carbocycles. The Balaban J connectivity index is 4.14. The van der Waals surface area contributed by atoms with Gasteiger partial charge >= 0.3 is 0 Å². The van der Waals surface area contributed by atoms with Gasteiger partial charge in [0.25, 0.3) is 0 Å². The molecule has 0 radical (unpaired) electrons. The third-order valence-corrected chi connectivity index (χ3v) is 4.14. The number of halogens is 1. The molecule has 0 saturated carbocycles. The van der Waals surface area contributed by atoms with Crippen molar-refractivity contribution in [2.24, 2.45) is 5.92 Å².